The van der Waals surface area contributed by atoms with Gasteiger partial charge >= 0.3 is 0 Å². The van der Waals surface area contributed by atoms with Crippen LogP contribution in [0, 0.1) is 0 Å². The number of likely N-dealkylation sites (tertiary alicyclic amines) is 1. The molecule has 1 aromatic heterocycles. The van der Waals surface area contributed by atoms with Crippen molar-refractivity contribution in [3.63, 3.8) is 0 Å². The minimum atomic E-state index is -0.392. The van der Waals surface area contributed by atoms with Crippen LogP contribution in [-0.4, -0.2) is 40.1 Å². The van der Waals surface area contributed by atoms with Crippen LogP contribution in [0.15, 0.2) is 28.7 Å². The maximum Gasteiger partial charge on any atom is 0.271 e. The molecule has 94 valence electrons. The molecule has 1 aromatic carbocycles. The summed E-state index contributed by atoms with van der Waals surface area (Å²) in [5, 5.41) is 10.5. The van der Waals surface area contributed by atoms with Gasteiger partial charge in [-0.25, -0.2) is 0 Å². The highest BCUT2D eigenvalue weighted by atomic mass is 79.9. The van der Waals surface area contributed by atoms with Crippen molar-refractivity contribution in [3.8, 4) is 0 Å². The van der Waals surface area contributed by atoms with Crippen LogP contribution in [0.2, 0.25) is 0 Å². The quantitative estimate of drug-likeness (QED) is 0.848. The third kappa shape index (κ3) is 1.83. The fourth-order valence-corrected chi connectivity index (χ4v) is 2.95. The predicted octanol–water partition coefficient (Wildman–Crippen LogP) is 2.14. The number of nitrogens with zero attached hydrogens (tertiary/aromatic N) is 1. The van der Waals surface area contributed by atoms with E-state index < -0.39 is 6.10 Å². The maximum absolute atomic E-state index is 12.3. The number of aliphatic hydroxyl groups excluding tert-OH is 1. The molecule has 2 N–H and O–H groups in total. The second-order valence-electron chi connectivity index (χ2n) is 4.55. The number of hydrogen-bond acceptors (Lipinski definition) is 2. The number of halogens is 1. The van der Waals surface area contributed by atoms with Gasteiger partial charge in [0.1, 0.15) is 5.69 Å². The van der Waals surface area contributed by atoms with Gasteiger partial charge in [-0.15, -0.1) is 0 Å². The SMILES string of the molecule is O=C(c1[nH]c2ccccc2c1Br)N1CC[C@@H](O)C1. The van der Waals surface area contributed by atoms with E-state index in [1.54, 1.807) is 4.90 Å². The summed E-state index contributed by atoms with van der Waals surface area (Å²) in [6.45, 7) is 1.03. The molecule has 1 amide bonds. The average molecular weight is 309 g/mol. The highest BCUT2D eigenvalue weighted by Crippen LogP contribution is 2.29. The molecule has 0 bridgehead atoms. The molecule has 0 saturated carbocycles. The smallest absolute Gasteiger partial charge is 0.271 e. The first-order chi connectivity index (χ1) is 8.66. The molecule has 3 rings (SSSR count). The number of benzene rings is 1. The van der Waals surface area contributed by atoms with Gasteiger partial charge in [0.15, 0.2) is 0 Å². The van der Waals surface area contributed by atoms with Gasteiger partial charge in [0.25, 0.3) is 5.91 Å². The van der Waals surface area contributed by atoms with E-state index in [4.69, 9.17) is 0 Å². The topological polar surface area (TPSA) is 56.3 Å². The molecule has 2 aromatic rings. The van der Waals surface area contributed by atoms with Crippen molar-refractivity contribution < 1.29 is 9.90 Å². The van der Waals surface area contributed by atoms with Crippen molar-refractivity contribution in [2.24, 2.45) is 0 Å². The number of aromatic nitrogens is 1. The summed E-state index contributed by atoms with van der Waals surface area (Å²) in [6.07, 6.45) is 0.265. The largest absolute Gasteiger partial charge is 0.391 e. The normalized spacial score (nSPS) is 19.7. The van der Waals surface area contributed by atoms with Gasteiger partial charge in [0.2, 0.25) is 0 Å². The first kappa shape index (κ1) is 11.7. The van der Waals surface area contributed by atoms with Crippen molar-refractivity contribution >= 4 is 32.7 Å². The number of aliphatic hydroxyl groups is 1. The Kier molecular flexibility index (Phi) is 2.87. The monoisotopic (exact) mass is 308 g/mol. The molecule has 0 spiro atoms. The van der Waals surface area contributed by atoms with Crippen molar-refractivity contribution in [1.82, 2.24) is 9.88 Å². The summed E-state index contributed by atoms with van der Waals surface area (Å²) < 4.78 is 0.796. The van der Waals surface area contributed by atoms with Crippen LogP contribution in [0.5, 0.6) is 0 Å². The maximum atomic E-state index is 12.3. The summed E-state index contributed by atoms with van der Waals surface area (Å²) in [5.74, 6) is -0.0605. The molecule has 1 atom stereocenters. The molecule has 2 heterocycles. The lowest BCUT2D eigenvalue weighted by Crippen LogP contribution is -2.30. The summed E-state index contributed by atoms with van der Waals surface area (Å²) in [4.78, 5) is 17.2. The fraction of sp³-hybridized carbons (Fsp3) is 0.308. The number of carbonyl (C=O) groups is 1. The second-order valence-corrected chi connectivity index (χ2v) is 5.35. The molecule has 5 heteroatoms. The Hall–Kier alpha value is -1.33. The van der Waals surface area contributed by atoms with E-state index in [2.05, 4.69) is 20.9 Å². The van der Waals surface area contributed by atoms with E-state index in [1.165, 1.54) is 0 Å². The molecule has 0 unspecified atom stereocenters. The van der Waals surface area contributed by atoms with Gasteiger partial charge in [-0.1, -0.05) is 18.2 Å². The molecule has 1 fully saturated rings. The van der Waals surface area contributed by atoms with Gasteiger partial charge in [-0.05, 0) is 28.4 Å². The van der Waals surface area contributed by atoms with E-state index in [0.29, 0.717) is 25.2 Å². The van der Waals surface area contributed by atoms with Crippen LogP contribution in [-0.2, 0) is 0 Å². The summed E-state index contributed by atoms with van der Waals surface area (Å²) in [7, 11) is 0. The Balaban J connectivity index is 1.99. The highest BCUT2D eigenvalue weighted by Gasteiger charge is 2.28. The number of amides is 1. The standard InChI is InChI=1S/C13H13BrN2O2/c14-11-9-3-1-2-4-10(9)15-12(11)13(18)16-6-5-8(17)7-16/h1-4,8,15,17H,5-7H2/t8-/m1/s1. The number of β-amino-alcohol motifs (C(OH)–C–C–N with tert-alkyl or cyclic N) is 1. The minimum absolute atomic E-state index is 0.0605. The van der Waals surface area contributed by atoms with Crippen molar-refractivity contribution in [3.05, 3.63) is 34.4 Å². The van der Waals surface area contributed by atoms with Crippen LogP contribution in [0.1, 0.15) is 16.9 Å². The van der Waals surface area contributed by atoms with E-state index in [-0.39, 0.29) is 5.91 Å². The second kappa shape index (κ2) is 4.40. The summed E-state index contributed by atoms with van der Waals surface area (Å²) >= 11 is 3.47. The van der Waals surface area contributed by atoms with Crippen LogP contribution in [0.25, 0.3) is 10.9 Å². The molecule has 18 heavy (non-hydrogen) atoms. The third-order valence-electron chi connectivity index (χ3n) is 3.31. The lowest BCUT2D eigenvalue weighted by atomic mass is 10.2. The zero-order valence-electron chi connectivity index (χ0n) is 9.69. The van der Waals surface area contributed by atoms with E-state index in [1.807, 2.05) is 24.3 Å². The summed E-state index contributed by atoms with van der Waals surface area (Å²) in [6, 6.07) is 7.77. The van der Waals surface area contributed by atoms with E-state index in [9.17, 15) is 9.90 Å². The summed E-state index contributed by atoms with van der Waals surface area (Å²) in [5.41, 5.74) is 1.50. The molecule has 4 nitrogen and oxygen atoms in total. The lowest BCUT2D eigenvalue weighted by molar-refractivity contribution is 0.0759. The third-order valence-corrected chi connectivity index (χ3v) is 4.13. The number of hydrogen-bond donors (Lipinski definition) is 2. The van der Waals surface area contributed by atoms with Gasteiger partial charge in [0, 0.05) is 24.0 Å². The Bertz CT molecular complexity index is 608. The van der Waals surface area contributed by atoms with Crippen molar-refractivity contribution in [1.29, 1.82) is 0 Å². The number of para-hydroxylation sites is 1. The molecular weight excluding hydrogens is 296 g/mol. The molecule has 0 radical (unpaired) electrons. The lowest BCUT2D eigenvalue weighted by Gasteiger charge is -2.14. The number of carbonyl (C=O) groups excluding carboxylic acids is 1. The van der Waals surface area contributed by atoms with Gasteiger partial charge in [-0.2, -0.15) is 0 Å². The average Bonchev–Trinajstić information content (AvgIpc) is 2.94. The van der Waals surface area contributed by atoms with Crippen LogP contribution < -0.4 is 0 Å². The Morgan fingerprint density at radius 1 is 1.44 bits per heavy atom. The Labute approximate surface area is 113 Å². The molecule has 1 aliphatic rings. The first-order valence-corrected chi connectivity index (χ1v) is 6.69. The van der Waals surface area contributed by atoms with Gasteiger partial charge in [0.05, 0.1) is 10.6 Å². The van der Waals surface area contributed by atoms with Crippen molar-refractivity contribution in [2.75, 3.05) is 13.1 Å². The number of nitrogens with one attached hydrogen (secondary N) is 1. The van der Waals surface area contributed by atoms with Gasteiger partial charge in [-0.3, -0.25) is 4.79 Å². The van der Waals surface area contributed by atoms with Crippen LogP contribution in [0.3, 0.4) is 0 Å². The van der Waals surface area contributed by atoms with Gasteiger partial charge < -0.3 is 15.0 Å². The number of fused-ring (bicyclic) bond motifs is 1. The fourth-order valence-electron chi connectivity index (χ4n) is 2.34. The number of H-pyrrole nitrogens is 1. The minimum Gasteiger partial charge on any atom is -0.391 e. The molecule has 0 aliphatic carbocycles. The van der Waals surface area contributed by atoms with Crippen molar-refractivity contribution in [2.45, 2.75) is 12.5 Å². The first-order valence-electron chi connectivity index (χ1n) is 5.90. The van der Waals surface area contributed by atoms with Crippen LogP contribution in [0.4, 0.5) is 0 Å². The molecule has 1 saturated heterocycles. The Morgan fingerprint density at radius 3 is 2.89 bits per heavy atom. The zero-order chi connectivity index (χ0) is 12.7. The van der Waals surface area contributed by atoms with Crippen LogP contribution >= 0.6 is 15.9 Å². The number of rotatable bonds is 1. The Morgan fingerprint density at radius 2 is 2.22 bits per heavy atom. The number of aromatic amines is 1. The zero-order valence-corrected chi connectivity index (χ0v) is 11.3. The van der Waals surface area contributed by atoms with E-state index in [0.717, 1.165) is 15.4 Å². The molecule has 1 aliphatic heterocycles. The van der Waals surface area contributed by atoms with E-state index >= 15 is 0 Å². The highest BCUT2D eigenvalue weighted by molar-refractivity contribution is 9.10. The predicted molar refractivity (Wildman–Crippen MR) is 72.5 cm³/mol. The molecular formula is C13H13BrN2O2.